The van der Waals surface area contributed by atoms with E-state index in [-0.39, 0.29) is 5.91 Å². The normalized spacial score (nSPS) is 25.4. The first-order valence-corrected chi connectivity index (χ1v) is 8.78. The summed E-state index contributed by atoms with van der Waals surface area (Å²) in [6.07, 6.45) is 3.73. The van der Waals surface area contributed by atoms with Crippen molar-refractivity contribution in [3.05, 3.63) is 18.0 Å². The van der Waals surface area contributed by atoms with Crippen molar-refractivity contribution in [2.45, 2.75) is 12.0 Å². The van der Waals surface area contributed by atoms with Crippen molar-refractivity contribution in [2.75, 3.05) is 71.9 Å². The number of carbonyl (C=O) groups excluding carboxylic acids is 1. The number of rotatable bonds is 4. The van der Waals surface area contributed by atoms with Crippen LogP contribution in [0.4, 0.5) is 5.95 Å². The molecule has 1 unspecified atom stereocenters. The molecule has 0 radical (unpaired) electrons. The predicted octanol–water partition coefficient (Wildman–Crippen LogP) is -0.633. The third kappa shape index (κ3) is 4.26. The van der Waals surface area contributed by atoms with Crippen LogP contribution in [0.3, 0.4) is 0 Å². The predicted molar refractivity (Wildman–Crippen MR) is 95.8 cm³/mol. The topological polar surface area (TPSA) is 76.0 Å². The molecule has 3 heterocycles. The van der Waals surface area contributed by atoms with Gasteiger partial charge in [-0.3, -0.25) is 9.69 Å². The maximum absolute atomic E-state index is 12.7. The number of likely N-dealkylation sites (tertiary alicyclic amines) is 1. The fourth-order valence-electron chi connectivity index (χ4n) is 3.43. The quantitative estimate of drug-likeness (QED) is 0.776. The Bertz CT molecular complexity index is 600. The molecular formula is C17H28N6O2. The molecule has 1 amide bonds. The number of likely N-dealkylation sites (N-methyl/N-ethyl adjacent to an activating group) is 1. The number of hydrogen-bond acceptors (Lipinski definition) is 7. The molecule has 0 saturated carbocycles. The Morgan fingerprint density at radius 2 is 1.84 bits per heavy atom. The number of hydrogen-bond donors (Lipinski definition) is 1. The van der Waals surface area contributed by atoms with Crippen molar-refractivity contribution in [1.82, 2.24) is 24.7 Å². The fraction of sp³-hybridized carbons (Fsp3) is 0.706. The first kappa shape index (κ1) is 18.0. The van der Waals surface area contributed by atoms with Gasteiger partial charge >= 0.3 is 0 Å². The summed E-state index contributed by atoms with van der Waals surface area (Å²) in [5, 5.41) is 10.9. The smallest absolute Gasteiger partial charge is 0.257 e. The maximum atomic E-state index is 12.7. The summed E-state index contributed by atoms with van der Waals surface area (Å²) in [5.41, 5.74) is -0.356. The summed E-state index contributed by atoms with van der Waals surface area (Å²) in [5.74, 6) is 0.462. The van der Waals surface area contributed by atoms with Gasteiger partial charge in [-0.25, -0.2) is 9.97 Å². The zero-order valence-corrected chi connectivity index (χ0v) is 15.4. The van der Waals surface area contributed by atoms with Crippen molar-refractivity contribution in [1.29, 1.82) is 0 Å². The lowest BCUT2D eigenvalue weighted by Crippen LogP contribution is -2.52. The van der Waals surface area contributed by atoms with E-state index >= 15 is 0 Å². The van der Waals surface area contributed by atoms with Crippen LogP contribution in [0.5, 0.6) is 0 Å². The van der Waals surface area contributed by atoms with Crippen molar-refractivity contribution < 1.29 is 9.90 Å². The SMILES string of the molecule is CN1CCN(CC2(O)CCN(C(=O)c3cnc(N(C)C)nc3)C2)CC1. The van der Waals surface area contributed by atoms with E-state index in [2.05, 4.69) is 26.8 Å². The second-order valence-electron chi connectivity index (χ2n) is 7.45. The van der Waals surface area contributed by atoms with Crippen molar-refractivity contribution in [3.8, 4) is 0 Å². The third-order valence-electron chi connectivity index (χ3n) is 5.02. The standard InChI is InChI=1S/C17H28N6O2/c1-20(2)16-18-10-14(11-19-16)15(24)23-5-4-17(25,13-23)12-22-8-6-21(3)7-9-22/h10-11,25H,4-9,12-13H2,1-3H3. The molecule has 1 N–H and O–H groups in total. The van der Waals surface area contributed by atoms with Gasteiger partial charge in [0.25, 0.3) is 5.91 Å². The van der Waals surface area contributed by atoms with Crippen LogP contribution in [0.1, 0.15) is 16.8 Å². The number of carbonyl (C=O) groups is 1. The first-order valence-electron chi connectivity index (χ1n) is 8.78. The van der Waals surface area contributed by atoms with Gasteiger partial charge in [0.15, 0.2) is 0 Å². The lowest BCUT2D eigenvalue weighted by atomic mass is 10.0. The van der Waals surface area contributed by atoms with Gasteiger partial charge in [-0.05, 0) is 13.5 Å². The zero-order chi connectivity index (χ0) is 18.0. The molecule has 0 spiro atoms. The van der Waals surface area contributed by atoms with Crippen LogP contribution in [0.2, 0.25) is 0 Å². The third-order valence-corrected chi connectivity index (χ3v) is 5.02. The summed E-state index contributed by atoms with van der Waals surface area (Å²) in [4.78, 5) is 29.1. The number of piperazine rings is 1. The number of nitrogens with zero attached hydrogens (tertiary/aromatic N) is 6. The Balaban J connectivity index is 1.58. The molecule has 1 aromatic rings. The molecule has 1 aromatic heterocycles. The van der Waals surface area contributed by atoms with Gasteiger partial charge in [-0.1, -0.05) is 0 Å². The molecule has 8 nitrogen and oxygen atoms in total. The van der Waals surface area contributed by atoms with Gasteiger partial charge in [-0.15, -0.1) is 0 Å². The summed E-state index contributed by atoms with van der Waals surface area (Å²) in [6, 6.07) is 0. The summed E-state index contributed by atoms with van der Waals surface area (Å²) >= 11 is 0. The number of amides is 1. The molecule has 2 fully saturated rings. The molecule has 2 saturated heterocycles. The van der Waals surface area contributed by atoms with Crippen LogP contribution in [-0.4, -0.2) is 108 Å². The van der Waals surface area contributed by atoms with Crippen LogP contribution >= 0.6 is 0 Å². The molecule has 2 aliphatic rings. The summed E-state index contributed by atoms with van der Waals surface area (Å²) in [6.45, 7) is 5.54. The second kappa shape index (κ2) is 7.23. The molecule has 1 atom stereocenters. The molecule has 138 valence electrons. The minimum Gasteiger partial charge on any atom is -0.387 e. The molecule has 0 aromatic carbocycles. The molecule has 0 aliphatic carbocycles. The average molecular weight is 348 g/mol. The van der Waals surface area contributed by atoms with E-state index in [1.807, 2.05) is 14.1 Å². The summed E-state index contributed by atoms with van der Waals surface area (Å²) < 4.78 is 0. The van der Waals surface area contributed by atoms with E-state index in [0.717, 1.165) is 26.2 Å². The number of aliphatic hydroxyl groups is 1. The molecule has 8 heteroatoms. The minimum absolute atomic E-state index is 0.111. The van der Waals surface area contributed by atoms with Crippen LogP contribution < -0.4 is 4.90 Å². The highest BCUT2D eigenvalue weighted by Crippen LogP contribution is 2.24. The number of β-amino-alcohol motifs (C(OH)–C–C–N with tert-alkyl or cyclic N) is 1. The van der Waals surface area contributed by atoms with Crippen molar-refractivity contribution in [2.24, 2.45) is 0 Å². The average Bonchev–Trinajstić information content (AvgIpc) is 2.98. The van der Waals surface area contributed by atoms with Crippen molar-refractivity contribution >= 4 is 11.9 Å². The lowest BCUT2D eigenvalue weighted by molar-refractivity contribution is 0.000517. The second-order valence-corrected chi connectivity index (χ2v) is 7.45. The number of anilines is 1. The van der Waals surface area contributed by atoms with E-state index in [1.54, 1.807) is 22.2 Å². The van der Waals surface area contributed by atoms with E-state index in [4.69, 9.17) is 0 Å². The van der Waals surface area contributed by atoms with E-state index in [9.17, 15) is 9.90 Å². The molecule has 3 rings (SSSR count). The van der Waals surface area contributed by atoms with Gasteiger partial charge in [0.05, 0.1) is 17.7 Å². The van der Waals surface area contributed by atoms with Gasteiger partial charge in [-0.2, -0.15) is 0 Å². The Morgan fingerprint density at radius 1 is 1.20 bits per heavy atom. The van der Waals surface area contributed by atoms with Crippen LogP contribution in [0.25, 0.3) is 0 Å². The highest BCUT2D eigenvalue weighted by molar-refractivity contribution is 5.94. The monoisotopic (exact) mass is 348 g/mol. The van der Waals surface area contributed by atoms with E-state index in [1.165, 1.54) is 0 Å². The van der Waals surface area contributed by atoms with Crippen LogP contribution in [0, 0.1) is 0 Å². The first-order chi connectivity index (χ1) is 11.9. The van der Waals surface area contributed by atoms with Gasteiger partial charge in [0.2, 0.25) is 5.95 Å². The Hall–Kier alpha value is -1.77. The van der Waals surface area contributed by atoms with Crippen LogP contribution in [0.15, 0.2) is 12.4 Å². The molecule has 25 heavy (non-hydrogen) atoms. The molecule has 2 aliphatic heterocycles. The Kier molecular flexibility index (Phi) is 5.21. The Labute approximate surface area is 149 Å². The van der Waals surface area contributed by atoms with Crippen LogP contribution in [-0.2, 0) is 0 Å². The van der Waals surface area contributed by atoms with Gasteiger partial charge in [0.1, 0.15) is 0 Å². The molecule has 0 bridgehead atoms. The molecular weight excluding hydrogens is 320 g/mol. The highest BCUT2D eigenvalue weighted by atomic mass is 16.3. The van der Waals surface area contributed by atoms with E-state index in [0.29, 0.717) is 37.6 Å². The van der Waals surface area contributed by atoms with Crippen molar-refractivity contribution in [3.63, 3.8) is 0 Å². The minimum atomic E-state index is -0.823. The van der Waals surface area contributed by atoms with Gasteiger partial charge < -0.3 is 19.8 Å². The summed E-state index contributed by atoms with van der Waals surface area (Å²) in [7, 11) is 5.83. The highest BCUT2D eigenvalue weighted by Gasteiger charge is 2.40. The largest absolute Gasteiger partial charge is 0.387 e. The number of aromatic nitrogens is 2. The van der Waals surface area contributed by atoms with Gasteiger partial charge in [0, 0.05) is 65.8 Å². The zero-order valence-electron chi connectivity index (χ0n) is 15.4. The fourth-order valence-corrected chi connectivity index (χ4v) is 3.43. The van der Waals surface area contributed by atoms with E-state index < -0.39 is 5.60 Å². The Morgan fingerprint density at radius 3 is 2.44 bits per heavy atom. The lowest BCUT2D eigenvalue weighted by Gasteiger charge is -2.36. The maximum Gasteiger partial charge on any atom is 0.257 e.